The second kappa shape index (κ2) is 7.17. The first kappa shape index (κ1) is 15.4. The molecule has 1 aromatic carbocycles. The topological polar surface area (TPSA) is 67.8 Å². The number of carbonyl (C=O) groups excluding carboxylic acids is 1. The molecule has 0 aliphatic carbocycles. The molecule has 0 fully saturated rings. The Morgan fingerprint density at radius 1 is 1.19 bits per heavy atom. The summed E-state index contributed by atoms with van der Waals surface area (Å²) in [5, 5.41) is 11.4. The smallest absolute Gasteiger partial charge is 0.234 e. The number of hydrogen-bond donors (Lipinski definition) is 1. The molecule has 2 rings (SSSR count). The summed E-state index contributed by atoms with van der Waals surface area (Å²) in [7, 11) is 0. The average molecular weight is 302 g/mol. The lowest BCUT2D eigenvalue weighted by Gasteiger charge is -2.09. The van der Waals surface area contributed by atoms with Crippen LogP contribution in [0.3, 0.4) is 0 Å². The first-order valence-electron chi connectivity index (χ1n) is 6.78. The maximum Gasteiger partial charge on any atom is 0.234 e. The number of nitrogens with one attached hydrogen (secondary N) is 1. The van der Waals surface area contributed by atoms with Gasteiger partial charge in [-0.05, 0) is 31.9 Å². The molecule has 0 saturated carbocycles. The molecule has 0 aliphatic heterocycles. The van der Waals surface area contributed by atoms with E-state index in [0.29, 0.717) is 5.16 Å². The second-order valence-corrected chi connectivity index (χ2v) is 5.56. The zero-order valence-corrected chi connectivity index (χ0v) is 13.2. The second-order valence-electron chi connectivity index (χ2n) is 4.61. The van der Waals surface area contributed by atoms with E-state index in [9.17, 15) is 4.79 Å². The van der Waals surface area contributed by atoms with E-state index in [1.807, 2.05) is 38.1 Å². The van der Waals surface area contributed by atoms with Crippen LogP contribution in [0.4, 0.5) is 5.69 Å². The highest BCUT2D eigenvalue weighted by molar-refractivity contribution is 7.99. The van der Waals surface area contributed by atoms with Gasteiger partial charge in [-0.25, -0.2) is 4.98 Å². The zero-order valence-electron chi connectivity index (χ0n) is 12.4. The van der Waals surface area contributed by atoms with Gasteiger partial charge in [-0.1, -0.05) is 36.9 Å². The number of benzene rings is 1. The van der Waals surface area contributed by atoms with Gasteiger partial charge in [-0.3, -0.25) is 4.79 Å². The lowest BCUT2D eigenvalue weighted by molar-refractivity contribution is -0.113. The summed E-state index contributed by atoms with van der Waals surface area (Å²) in [6.45, 7) is 5.80. The Morgan fingerprint density at radius 2 is 1.95 bits per heavy atom. The van der Waals surface area contributed by atoms with Crippen LogP contribution in [0.25, 0.3) is 0 Å². The molecule has 0 saturated heterocycles. The lowest BCUT2D eigenvalue weighted by atomic mass is 10.1. The Morgan fingerprint density at radius 3 is 2.67 bits per heavy atom. The van der Waals surface area contributed by atoms with Gasteiger partial charge < -0.3 is 5.32 Å². The third-order valence-corrected chi connectivity index (χ3v) is 3.91. The van der Waals surface area contributed by atoms with Gasteiger partial charge in [0.2, 0.25) is 11.1 Å². The number of para-hydroxylation sites is 1. The van der Waals surface area contributed by atoms with Crippen molar-refractivity contribution in [2.75, 3.05) is 11.1 Å². The van der Waals surface area contributed by atoms with Crippen LogP contribution in [0.2, 0.25) is 0 Å². The number of hydrogen-bond acceptors (Lipinski definition) is 5. The molecule has 0 aliphatic rings. The summed E-state index contributed by atoms with van der Waals surface area (Å²) >= 11 is 1.29. The predicted molar refractivity (Wildman–Crippen MR) is 84.5 cm³/mol. The molecule has 1 heterocycles. The van der Waals surface area contributed by atoms with Crippen molar-refractivity contribution in [1.82, 2.24) is 15.2 Å². The van der Waals surface area contributed by atoms with Gasteiger partial charge in [0.15, 0.2) is 0 Å². The van der Waals surface area contributed by atoms with E-state index >= 15 is 0 Å². The van der Waals surface area contributed by atoms with Crippen LogP contribution >= 0.6 is 11.8 Å². The summed E-state index contributed by atoms with van der Waals surface area (Å²) < 4.78 is 0. The maximum absolute atomic E-state index is 12.0. The van der Waals surface area contributed by atoms with E-state index in [-0.39, 0.29) is 11.7 Å². The molecule has 1 amide bonds. The third-order valence-electron chi connectivity index (χ3n) is 3.08. The van der Waals surface area contributed by atoms with Gasteiger partial charge in [0.1, 0.15) is 0 Å². The minimum atomic E-state index is -0.0669. The Kier molecular flexibility index (Phi) is 5.27. The fraction of sp³-hybridized carbons (Fsp3) is 0.333. The summed E-state index contributed by atoms with van der Waals surface area (Å²) in [5.74, 6) is 0.199. The number of amides is 1. The van der Waals surface area contributed by atoms with Crippen molar-refractivity contribution in [2.45, 2.75) is 32.3 Å². The monoisotopic (exact) mass is 302 g/mol. The van der Waals surface area contributed by atoms with Gasteiger partial charge in [-0.15, -0.1) is 5.10 Å². The SMILES string of the molecule is CCc1ccccc1NC(=O)CSc1nnc(C)c(C)n1. The van der Waals surface area contributed by atoms with Crippen LogP contribution in [0, 0.1) is 13.8 Å². The standard InChI is InChI=1S/C15H18N4OS/c1-4-12-7-5-6-8-13(12)17-14(20)9-21-15-16-10(2)11(3)18-19-15/h5-8H,4,9H2,1-3H3,(H,17,20). The van der Waals surface area contributed by atoms with E-state index in [4.69, 9.17) is 0 Å². The molecule has 1 aromatic heterocycles. The molecule has 0 bridgehead atoms. The van der Waals surface area contributed by atoms with Crippen LogP contribution in [-0.4, -0.2) is 26.8 Å². The van der Waals surface area contributed by atoms with Crippen LogP contribution in [0.5, 0.6) is 0 Å². The average Bonchev–Trinajstić information content (AvgIpc) is 2.49. The zero-order chi connectivity index (χ0) is 15.2. The number of carbonyl (C=O) groups is 1. The molecule has 1 N–H and O–H groups in total. The Hall–Kier alpha value is -1.95. The van der Waals surface area contributed by atoms with Crippen LogP contribution < -0.4 is 5.32 Å². The van der Waals surface area contributed by atoms with Gasteiger partial charge in [0, 0.05) is 5.69 Å². The van der Waals surface area contributed by atoms with Gasteiger partial charge in [0.25, 0.3) is 0 Å². The van der Waals surface area contributed by atoms with Gasteiger partial charge >= 0.3 is 0 Å². The predicted octanol–water partition coefficient (Wildman–Crippen LogP) is 2.78. The van der Waals surface area contributed by atoms with E-state index in [1.54, 1.807) is 0 Å². The molecular formula is C15H18N4OS. The number of aryl methyl sites for hydroxylation is 3. The first-order chi connectivity index (χ1) is 10.1. The van der Waals surface area contributed by atoms with Crippen molar-refractivity contribution in [3.63, 3.8) is 0 Å². The number of anilines is 1. The summed E-state index contributed by atoms with van der Waals surface area (Å²) in [4.78, 5) is 16.3. The van der Waals surface area contributed by atoms with Gasteiger partial charge in [-0.2, -0.15) is 5.10 Å². The van der Waals surface area contributed by atoms with Crippen molar-refractivity contribution in [2.24, 2.45) is 0 Å². The number of aromatic nitrogens is 3. The minimum Gasteiger partial charge on any atom is -0.325 e. The van der Waals surface area contributed by atoms with Crippen molar-refractivity contribution in [1.29, 1.82) is 0 Å². The third kappa shape index (κ3) is 4.26. The largest absolute Gasteiger partial charge is 0.325 e. The van der Waals surface area contributed by atoms with Crippen LogP contribution in [0.15, 0.2) is 29.4 Å². The Labute approximate surface area is 128 Å². The maximum atomic E-state index is 12.0. The highest BCUT2D eigenvalue weighted by Gasteiger charge is 2.08. The number of rotatable bonds is 5. The minimum absolute atomic E-state index is 0.0669. The highest BCUT2D eigenvalue weighted by atomic mass is 32.2. The first-order valence-corrected chi connectivity index (χ1v) is 7.77. The Balaban J connectivity index is 1.94. The molecule has 0 unspecified atom stereocenters. The van der Waals surface area contributed by atoms with Crippen molar-refractivity contribution in [3.05, 3.63) is 41.2 Å². The summed E-state index contributed by atoms with van der Waals surface area (Å²) in [6, 6.07) is 7.81. The van der Waals surface area contributed by atoms with Crippen molar-refractivity contribution < 1.29 is 4.79 Å². The molecule has 21 heavy (non-hydrogen) atoms. The van der Waals surface area contributed by atoms with Crippen molar-refractivity contribution in [3.8, 4) is 0 Å². The summed E-state index contributed by atoms with van der Waals surface area (Å²) in [5.41, 5.74) is 3.63. The molecule has 2 aromatic rings. The summed E-state index contributed by atoms with van der Waals surface area (Å²) in [6.07, 6.45) is 0.883. The van der Waals surface area contributed by atoms with Crippen LogP contribution in [0.1, 0.15) is 23.9 Å². The Bertz CT molecular complexity index is 645. The van der Waals surface area contributed by atoms with Gasteiger partial charge in [0.05, 0.1) is 17.1 Å². The number of nitrogens with zero attached hydrogens (tertiary/aromatic N) is 3. The normalized spacial score (nSPS) is 10.4. The number of thioether (sulfide) groups is 1. The van der Waals surface area contributed by atoms with E-state index in [2.05, 4.69) is 27.4 Å². The molecular weight excluding hydrogens is 284 g/mol. The highest BCUT2D eigenvalue weighted by Crippen LogP contribution is 2.17. The van der Waals surface area contributed by atoms with Crippen LogP contribution in [-0.2, 0) is 11.2 Å². The van der Waals surface area contributed by atoms with E-state index < -0.39 is 0 Å². The molecule has 6 heteroatoms. The van der Waals surface area contributed by atoms with E-state index in [0.717, 1.165) is 29.1 Å². The molecule has 0 radical (unpaired) electrons. The fourth-order valence-electron chi connectivity index (χ4n) is 1.76. The van der Waals surface area contributed by atoms with E-state index in [1.165, 1.54) is 11.8 Å². The molecule has 110 valence electrons. The molecule has 0 spiro atoms. The van der Waals surface area contributed by atoms with Crippen molar-refractivity contribution >= 4 is 23.4 Å². The molecule has 0 atom stereocenters. The fourth-order valence-corrected chi connectivity index (χ4v) is 2.40. The molecule has 5 nitrogen and oxygen atoms in total. The quantitative estimate of drug-likeness (QED) is 0.860. The lowest BCUT2D eigenvalue weighted by Crippen LogP contribution is -2.15.